The summed E-state index contributed by atoms with van der Waals surface area (Å²) in [7, 11) is 3.21. The van der Waals surface area contributed by atoms with Gasteiger partial charge < -0.3 is 19.7 Å². The number of halogens is 1. The molecule has 1 aromatic rings. The van der Waals surface area contributed by atoms with Crippen molar-refractivity contribution in [2.45, 2.75) is 6.54 Å². The van der Waals surface area contributed by atoms with E-state index >= 15 is 0 Å². The maximum atomic E-state index is 12.1. The maximum Gasteiger partial charge on any atom is 0.317 e. The second kappa shape index (κ2) is 9.58. The SMILES string of the molecule is COCCN(CCOC)C(=O)NCc1ccccc1Cl. The van der Waals surface area contributed by atoms with Gasteiger partial charge in [-0.15, -0.1) is 0 Å². The molecular weight excluding hydrogens is 280 g/mol. The number of hydrogen-bond donors (Lipinski definition) is 1. The summed E-state index contributed by atoms with van der Waals surface area (Å²) < 4.78 is 10.0. The molecule has 0 aromatic heterocycles. The van der Waals surface area contributed by atoms with Crippen LogP contribution in [-0.4, -0.2) is 51.5 Å². The van der Waals surface area contributed by atoms with Gasteiger partial charge in [0.25, 0.3) is 0 Å². The first-order valence-electron chi connectivity index (χ1n) is 6.43. The highest BCUT2D eigenvalue weighted by Crippen LogP contribution is 2.14. The van der Waals surface area contributed by atoms with Gasteiger partial charge in [-0.25, -0.2) is 4.79 Å². The van der Waals surface area contributed by atoms with E-state index in [1.165, 1.54) is 0 Å². The van der Waals surface area contributed by atoms with Gasteiger partial charge in [0.1, 0.15) is 0 Å². The Hall–Kier alpha value is -1.30. The van der Waals surface area contributed by atoms with Crippen LogP contribution in [0.5, 0.6) is 0 Å². The van der Waals surface area contributed by atoms with Crippen LogP contribution in [0, 0.1) is 0 Å². The average Bonchev–Trinajstić information content (AvgIpc) is 2.46. The molecule has 2 amide bonds. The van der Waals surface area contributed by atoms with Crippen molar-refractivity contribution < 1.29 is 14.3 Å². The number of amides is 2. The van der Waals surface area contributed by atoms with E-state index < -0.39 is 0 Å². The summed E-state index contributed by atoms with van der Waals surface area (Å²) >= 11 is 6.05. The Bertz CT molecular complexity index is 407. The number of urea groups is 1. The quantitative estimate of drug-likeness (QED) is 0.800. The fourth-order valence-electron chi connectivity index (χ4n) is 1.64. The van der Waals surface area contributed by atoms with Crippen LogP contribution in [0.2, 0.25) is 5.02 Å². The third kappa shape index (κ3) is 5.77. The summed E-state index contributed by atoms with van der Waals surface area (Å²) in [6.45, 7) is 2.42. The topological polar surface area (TPSA) is 50.8 Å². The largest absolute Gasteiger partial charge is 0.383 e. The van der Waals surface area contributed by atoms with Crippen LogP contribution in [0.15, 0.2) is 24.3 Å². The summed E-state index contributed by atoms with van der Waals surface area (Å²) in [5.74, 6) is 0. The van der Waals surface area contributed by atoms with E-state index in [-0.39, 0.29) is 6.03 Å². The third-order valence-corrected chi connectivity index (χ3v) is 3.17. The normalized spacial score (nSPS) is 10.3. The summed E-state index contributed by atoms with van der Waals surface area (Å²) in [6.07, 6.45) is 0. The highest BCUT2D eigenvalue weighted by atomic mass is 35.5. The maximum absolute atomic E-state index is 12.1. The van der Waals surface area contributed by atoms with Crippen LogP contribution < -0.4 is 5.32 Å². The van der Waals surface area contributed by atoms with Gasteiger partial charge in [-0.1, -0.05) is 29.8 Å². The van der Waals surface area contributed by atoms with Gasteiger partial charge in [-0.3, -0.25) is 0 Å². The molecule has 0 spiro atoms. The van der Waals surface area contributed by atoms with Crippen molar-refractivity contribution in [2.75, 3.05) is 40.5 Å². The lowest BCUT2D eigenvalue weighted by Crippen LogP contribution is -2.43. The Kier molecular flexibility index (Phi) is 8.02. The molecule has 1 rings (SSSR count). The molecule has 0 atom stereocenters. The molecule has 0 aliphatic heterocycles. The van der Waals surface area contributed by atoms with E-state index in [4.69, 9.17) is 21.1 Å². The lowest BCUT2D eigenvalue weighted by atomic mass is 10.2. The monoisotopic (exact) mass is 300 g/mol. The minimum Gasteiger partial charge on any atom is -0.383 e. The zero-order valence-corrected chi connectivity index (χ0v) is 12.7. The van der Waals surface area contributed by atoms with Crippen molar-refractivity contribution in [3.05, 3.63) is 34.9 Å². The molecule has 0 bridgehead atoms. The Balaban J connectivity index is 2.50. The van der Waals surface area contributed by atoms with E-state index in [0.29, 0.717) is 37.9 Å². The van der Waals surface area contributed by atoms with Crippen LogP contribution in [-0.2, 0) is 16.0 Å². The lowest BCUT2D eigenvalue weighted by molar-refractivity contribution is 0.122. The van der Waals surface area contributed by atoms with Crippen LogP contribution in [0.4, 0.5) is 4.79 Å². The first-order valence-corrected chi connectivity index (χ1v) is 6.81. The first-order chi connectivity index (χ1) is 9.69. The van der Waals surface area contributed by atoms with Gasteiger partial charge in [0.15, 0.2) is 0 Å². The second-order valence-corrected chi connectivity index (χ2v) is 4.63. The predicted molar refractivity (Wildman–Crippen MR) is 79.0 cm³/mol. The van der Waals surface area contributed by atoms with Gasteiger partial charge in [0, 0.05) is 38.9 Å². The number of nitrogens with zero attached hydrogens (tertiary/aromatic N) is 1. The number of ether oxygens (including phenoxy) is 2. The van der Waals surface area contributed by atoms with Gasteiger partial charge in [-0.05, 0) is 11.6 Å². The second-order valence-electron chi connectivity index (χ2n) is 4.22. The number of nitrogens with one attached hydrogen (secondary N) is 1. The zero-order chi connectivity index (χ0) is 14.8. The molecule has 20 heavy (non-hydrogen) atoms. The molecule has 6 heteroatoms. The van der Waals surface area contributed by atoms with E-state index in [2.05, 4.69) is 5.32 Å². The fraction of sp³-hybridized carbons (Fsp3) is 0.500. The summed E-state index contributed by atoms with van der Waals surface area (Å²) in [4.78, 5) is 13.8. The number of rotatable bonds is 8. The van der Waals surface area contributed by atoms with Crippen LogP contribution in [0.1, 0.15) is 5.56 Å². The molecule has 0 saturated carbocycles. The van der Waals surface area contributed by atoms with Crippen molar-refractivity contribution in [2.24, 2.45) is 0 Å². The van der Waals surface area contributed by atoms with Crippen molar-refractivity contribution in [1.29, 1.82) is 0 Å². The van der Waals surface area contributed by atoms with Crippen LogP contribution >= 0.6 is 11.6 Å². The fourth-order valence-corrected chi connectivity index (χ4v) is 1.84. The molecule has 1 N–H and O–H groups in total. The molecule has 0 aliphatic rings. The molecule has 0 radical (unpaired) electrons. The number of hydrogen-bond acceptors (Lipinski definition) is 3. The third-order valence-electron chi connectivity index (χ3n) is 2.81. The summed E-state index contributed by atoms with van der Waals surface area (Å²) in [5, 5.41) is 3.50. The van der Waals surface area contributed by atoms with E-state index in [9.17, 15) is 4.79 Å². The molecule has 0 aliphatic carbocycles. The van der Waals surface area contributed by atoms with Gasteiger partial charge in [-0.2, -0.15) is 0 Å². The van der Waals surface area contributed by atoms with E-state index in [1.807, 2.05) is 18.2 Å². The Morgan fingerprint density at radius 1 is 1.20 bits per heavy atom. The predicted octanol–water partition coefficient (Wildman–Crippen LogP) is 2.14. The minimum absolute atomic E-state index is 0.154. The Morgan fingerprint density at radius 3 is 2.35 bits per heavy atom. The highest BCUT2D eigenvalue weighted by molar-refractivity contribution is 6.31. The lowest BCUT2D eigenvalue weighted by Gasteiger charge is -2.22. The average molecular weight is 301 g/mol. The van der Waals surface area contributed by atoms with Crippen molar-refractivity contribution in [1.82, 2.24) is 10.2 Å². The standard InChI is InChI=1S/C14H21ClN2O3/c1-19-9-7-17(8-10-20-2)14(18)16-11-12-5-3-4-6-13(12)15/h3-6H,7-11H2,1-2H3,(H,16,18). The summed E-state index contributed by atoms with van der Waals surface area (Å²) in [5.41, 5.74) is 0.890. The molecule has 112 valence electrons. The Labute approximate surface area is 124 Å². The van der Waals surface area contributed by atoms with Gasteiger partial charge >= 0.3 is 6.03 Å². The molecule has 0 fully saturated rings. The van der Waals surface area contributed by atoms with E-state index in [1.54, 1.807) is 25.2 Å². The van der Waals surface area contributed by atoms with E-state index in [0.717, 1.165) is 5.56 Å². The zero-order valence-electron chi connectivity index (χ0n) is 11.9. The molecule has 1 aromatic carbocycles. The number of carbonyl (C=O) groups is 1. The van der Waals surface area contributed by atoms with Crippen molar-refractivity contribution in [3.63, 3.8) is 0 Å². The molecule has 0 saturated heterocycles. The molecule has 5 nitrogen and oxygen atoms in total. The molecular formula is C14H21ClN2O3. The van der Waals surface area contributed by atoms with Gasteiger partial charge in [0.05, 0.1) is 13.2 Å². The van der Waals surface area contributed by atoms with Crippen molar-refractivity contribution >= 4 is 17.6 Å². The molecule has 0 heterocycles. The smallest absolute Gasteiger partial charge is 0.317 e. The van der Waals surface area contributed by atoms with Crippen LogP contribution in [0.3, 0.4) is 0 Å². The number of carbonyl (C=O) groups excluding carboxylic acids is 1. The Morgan fingerprint density at radius 2 is 1.80 bits per heavy atom. The number of benzene rings is 1. The molecule has 0 unspecified atom stereocenters. The van der Waals surface area contributed by atoms with Crippen LogP contribution in [0.25, 0.3) is 0 Å². The first kappa shape index (κ1) is 16.8. The summed E-state index contributed by atoms with van der Waals surface area (Å²) in [6, 6.07) is 7.28. The number of methoxy groups -OCH3 is 2. The van der Waals surface area contributed by atoms with Crippen molar-refractivity contribution in [3.8, 4) is 0 Å². The minimum atomic E-state index is -0.154. The highest BCUT2D eigenvalue weighted by Gasteiger charge is 2.12. The van der Waals surface area contributed by atoms with Gasteiger partial charge in [0.2, 0.25) is 0 Å².